The highest BCUT2D eigenvalue weighted by Gasteiger charge is 2.42. The number of nitrogens with zero attached hydrogens (tertiary/aromatic N) is 1. The van der Waals surface area contributed by atoms with Crippen molar-refractivity contribution in [2.75, 3.05) is 34.0 Å². The molecule has 1 heterocycles. The maximum Gasteiger partial charge on any atom is 0.341 e. The molecule has 0 spiro atoms. The normalized spacial score (nSPS) is 15.1. The van der Waals surface area contributed by atoms with Crippen LogP contribution in [-0.2, 0) is 39.9 Å². The van der Waals surface area contributed by atoms with Crippen molar-refractivity contribution in [3.8, 4) is 23.0 Å². The van der Waals surface area contributed by atoms with Crippen molar-refractivity contribution >= 4 is 29.6 Å². The summed E-state index contributed by atoms with van der Waals surface area (Å²) >= 11 is 0. The molecule has 2 aromatic carbocycles. The van der Waals surface area contributed by atoms with E-state index >= 15 is 0 Å². The monoisotopic (exact) mass is 655 g/mol. The molecule has 0 unspecified atom stereocenters. The number of carbonyl (C=O) groups is 5. The molecule has 1 fully saturated rings. The second kappa shape index (κ2) is 16.5. The minimum absolute atomic E-state index is 0.0500. The number of aryl methyl sites for hydroxylation is 1. The molecule has 0 aromatic heterocycles. The molecule has 1 amide bonds. The maximum absolute atomic E-state index is 13.8. The lowest BCUT2D eigenvalue weighted by Gasteiger charge is -2.36. The molecule has 47 heavy (non-hydrogen) atoms. The van der Waals surface area contributed by atoms with Gasteiger partial charge in [-0.15, -0.1) is 0 Å². The molecule has 13 nitrogen and oxygen atoms in total. The largest absolute Gasteiger partial charge is 0.508 e. The van der Waals surface area contributed by atoms with E-state index in [9.17, 15) is 29.1 Å². The third kappa shape index (κ3) is 9.96. The van der Waals surface area contributed by atoms with E-state index in [1.807, 2.05) is 6.07 Å². The first-order chi connectivity index (χ1) is 22.3. The fourth-order valence-electron chi connectivity index (χ4n) is 5.08. The van der Waals surface area contributed by atoms with Gasteiger partial charge in [-0.05, 0) is 81.3 Å². The summed E-state index contributed by atoms with van der Waals surface area (Å²) in [5.74, 6) is -3.58. The Kier molecular flexibility index (Phi) is 12.8. The SMILES string of the molecule is C=CC(=O)OCC(C)(C)C(=O)C(=O)N1CCCC[C@H]1C(=O)O[C@H](CCc1ccc(OC)c(OC)c1)c1cc(O)cc(OCC(=O)O)c1. The van der Waals surface area contributed by atoms with Gasteiger partial charge in [0.1, 0.15) is 30.3 Å². The van der Waals surface area contributed by atoms with Gasteiger partial charge < -0.3 is 38.8 Å². The van der Waals surface area contributed by atoms with Crippen LogP contribution in [0.3, 0.4) is 0 Å². The van der Waals surface area contributed by atoms with Crippen LogP contribution in [0.4, 0.5) is 0 Å². The average Bonchev–Trinajstić information content (AvgIpc) is 3.06. The van der Waals surface area contributed by atoms with Gasteiger partial charge >= 0.3 is 17.9 Å². The number of piperidine rings is 1. The van der Waals surface area contributed by atoms with Gasteiger partial charge in [0.15, 0.2) is 18.1 Å². The quantitative estimate of drug-likeness (QED) is 0.152. The predicted molar refractivity (Wildman–Crippen MR) is 167 cm³/mol. The van der Waals surface area contributed by atoms with Crippen molar-refractivity contribution in [3.05, 3.63) is 60.2 Å². The summed E-state index contributed by atoms with van der Waals surface area (Å²) in [6, 6.07) is 8.35. The number of methoxy groups -OCH3 is 2. The van der Waals surface area contributed by atoms with Crippen molar-refractivity contribution in [2.24, 2.45) is 5.41 Å². The second-order valence-corrected chi connectivity index (χ2v) is 11.6. The smallest absolute Gasteiger partial charge is 0.341 e. The van der Waals surface area contributed by atoms with Crippen LogP contribution in [0.1, 0.15) is 56.8 Å². The zero-order valence-electron chi connectivity index (χ0n) is 27.0. The van der Waals surface area contributed by atoms with Crippen molar-refractivity contribution in [2.45, 2.75) is 58.1 Å². The number of esters is 2. The molecule has 1 saturated heterocycles. The Hall–Kier alpha value is -5.07. The summed E-state index contributed by atoms with van der Waals surface area (Å²) in [5, 5.41) is 19.5. The minimum atomic E-state index is -1.36. The first kappa shape index (κ1) is 36.4. The van der Waals surface area contributed by atoms with Crippen LogP contribution >= 0.6 is 0 Å². The van der Waals surface area contributed by atoms with E-state index in [1.165, 1.54) is 51.2 Å². The second-order valence-electron chi connectivity index (χ2n) is 11.6. The Balaban J connectivity index is 1.89. The van der Waals surface area contributed by atoms with E-state index in [2.05, 4.69) is 6.58 Å². The van der Waals surface area contributed by atoms with Gasteiger partial charge in [0.05, 0.1) is 19.6 Å². The number of ketones is 1. The van der Waals surface area contributed by atoms with Gasteiger partial charge in [-0.3, -0.25) is 9.59 Å². The Bertz CT molecular complexity index is 1480. The lowest BCUT2D eigenvalue weighted by molar-refractivity contribution is -0.165. The van der Waals surface area contributed by atoms with Crippen LogP contribution < -0.4 is 14.2 Å². The molecule has 2 N–H and O–H groups in total. The number of phenols is 1. The van der Waals surface area contributed by atoms with Gasteiger partial charge in [-0.2, -0.15) is 0 Å². The number of amides is 1. The van der Waals surface area contributed by atoms with E-state index < -0.39 is 53.8 Å². The topological polar surface area (TPSA) is 175 Å². The molecule has 13 heteroatoms. The van der Waals surface area contributed by atoms with E-state index in [-0.39, 0.29) is 37.5 Å². The van der Waals surface area contributed by atoms with Gasteiger partial charge in [0.25, 0.3) is 5.91 Å². The molecule has 254 valence electrons. The highest BCUT2D eigenvalue weighted by Crippen LogP contribution is 2.34. The first-order valence-electron chi connectivity index (χ1n) is 15.0. The summed E-state index contributed by atoms with van der Waals surface area (Å²) in [6.45, 7) is 5.39. The van der Waals surface area contributed by atoms with Crippen molar-refractivity contribution < 1.29 is 57.9 Å². The average molecular weight is 656 g/mol. The standard InChI is InChI=1S/C34H41NO12/c1-6-30(39)46-20-34(2,3)31(40)32(41)35-14-8-7-9-25(35)33(42)47-26(12-10-21-11-13-27(43-4)28(15-21)44-5)22-16-23(36)18-24(17-22)45-19-29(37)38/h6,11,13,15-18,25-26,36H,1,7-10,12,14,19-20H2,2-5H3,(H,37,38)/t25-,26+/m0/s1. The van der Waals surface area contributed by atoms with Gasteiger partial charge in [-0.25, -0.2) is 14.4 Å². The summed E-state index contributed by atoms with van der Waals surface area (Å²) < 4.78 is 27.0. The molecule has 1 aliphatic rings. The first-order valence-corrected chi connectivity index (χ1v) is 15.0. The third-order valence-electron chi connectivity index (χ3n) is 7.64. The lowest BCUT2D eigenvalue weighted by Crippen LogP contribution is -2.53. The Morgan fingerprint density at radius 1 is 1.04 bits per heavy atom. The number of Topliss-reactive ketones (excluding diaryl/α,β-unsaturated/α-hetero) is 1. The van der Waals surface area contributed by atoms with E-state index in [0.29, 0.717) is 36.3 Å². The van der Waals surface area contributed by atoms with Crippen LogP contribution in [-0.4, -0.2) is 84.7 Å². The van der Waals surface area contributed by atoms with Gasteiger partial charge in [0.2, 0.25) is 5.78 Å². The number of rotatable bonds is 16. The number of carboxylic acids is 1. The highest BCUT2D eigenvalue weighted by molar-refractivity contribution is 6.38. The van der Waals surface area contributed by atoms with Crippen LogP contribution in [0.25, 0.3) is 0 Å². The fourth-order valence-corrected chi connectivity index (χ4v) is 5.08. The molecule has 3 rings (SSSR count). The Morgan fingerprint density at radius 2 is 1.77 bits per heavy atom. The summed E-state index contributed by atoms with van der Waals surface area (Å²) in [4.78, 5) is 64.3. The summed E-state index contributed by atoms with van der Waals surface area (Å²) in [5.41, 5.74) is -0.211. The number of aromatic hydroxyl groups is 1. The van der Waals surface area contributed by atoms with Crippen molar-refractivity contribution in [1.82, 2.24) is 4.90 Å². The number of ether oxygens (including phenoxy) is 5. The number of carboxylic acid groups (broad SMARTS) is 1. The van der Waals surface area contributed by atoms with Crippen LogP contribution in [0, 0.1) is 5.41 Å². The number of phenolic OH excluding ortho intramolecular Hbond substituents is 1. The molecule has 2 atom stereocenters. The molecule has 0 aliphatic carbocycles. The number of benzene rings is 2. The zero-order valence-corrected chi connectivity index (χ0v) is 27.0. The molecule has 1 aliphatic heterocycles. The molecule has 0 radical (unpaired) electrons. The van der Waals surface area contributed by atoms with Gasteiger partial charge in [0, 0.05) is 18.7 Å². The molecule has 2 aromatic rings. The number of carbonyl (C=O) groups excluding carboxylic acids is 4. The lowest BCUT2D eigenvalue weighted by atomic mass is 9.87. The molecular weight excluding hydrogens is 614 g/mol. The Labute approximate surface area is 273 Å². The fraction of sp³-hybridized carbons (Fsp3) is 0.441. The molecule has 0 bridgehead atoms. The van der Waals surface area contributed by atoms with E-state index in [0.717, 1.165) is 11.6 Å². The van der Waals surface area contributed by atoms with Crippen molar-refractivity contribution in [1.29, 1.82) is 0 Å². The number of hydrogen-bond donors (Lipinski definition) is 2. The number of likely N-dealkylation sites (tertiary alicyclic amines) is 1. The highest BCUT2D eigenvalue weighted by atomic mass is 16.5. The third-order valence-corrected chi connectivity index (χ3v) is 7.64. The minimum Gasteiger partial charge on any atom is -0.508 e. The maximum atomic E-state index is 13.8. The predicted octanol–water partition coefficient (Wildman–Crippen LogP) is 3.80. The van der Waals surface area contributed by atoms with Crippen LogP contribution in [0.5, 0.6) is 23.0 Å². The Morgan fingerprint density at radius 3 is 2.43 bits per heavy atom. The van der Waals surface area contributed by atoms with Crippen LogP contribution in [0.2, 0.25) is 0 Å². The summed E-state index contributed by atoms with van der Waals surface area (Å²) in [7, 11) is 3.03. The van der Waals surface area contributed by atoms with Gasteiger partial charge in [-0.1, -0.05) is 12.6 Å². The van der Waals surface area contributed by atoms with Crippen LogP contribution in [0.15, 0.2) is 49.1 Å². The number of hydrogen-bond acceptors (Lipinski definition) is 11. The van der Waals surface area contributed by atoms with E-state index in [1.54, 1.807) is 12.1 Å². The van der Waals surface area contributed by atoms with Crippen molar-refractivity contribution in [3.63, 3.8) is 0 Å². The van der Waals surface area contributed by atoms with E-state index in [4.69, 9.17) is 28.8 Å². The molecule has 0 saturated carbocycles. The molecular formula is C34H41NO12. The number of aliphatic carboxylic acids is 1. The zero-order chi connectivity index (χ0) is 34.7. The summed E-state index contributed by atoms with van der Waals surface area (Å²) in [6.07, 6.45) is 1.99.